The predicted molar refractivity (Wildman–Crippen MR) is 61.6 cm³/mol. The zero-order valence-electron chi connectivity index (χ0n) is 10.0. The van der Waals surface area contributed by atoms with E-state index in [4.69, 9.17) is 5.73 Å². The Morgan fingerprint density at radius 2 is 2.19 bits per heavy atom. The lowest BCUT2D eigenvalue weighted by Crippen LogP contribution is -2.48. The number of carbonyl (C=O) groups is 2. The molecule has 0 aliphatic carbocycles. The summed E-state index contributed by atoms with van der Waals surface area (Å²) in [6.07, 6.45) is 1.91. The highest BCUT2D eigenvalue weighted by Crippen LogP contribution is 2.14. The third kappa shape index (κ3) is 3.48. The first kappa shape index (κ1) is 13.0. The maximum absolute atomic E-state index is 12.2. The van der Waals surface area contributed by atoms with Gasteiger partial charge in [-0.3, -0.25) is 9.59 Å². The van der Waals surface area contributed by atoms with E-state index in [-0.39, 0.29) is 24.4 Å². The predicted octanol–water partition coefficient (Wildman–Crippen LogP) is -0.292. The molecule has 0 spiro atoms. The van der Waals surface area contributed by atoms with Crippen molar-refractivity contribution in [2.24, 2.45) is 11.7 Å². The van der Waals surface area contributed by atoms with Gasteiger partial charge in [0, 0.05) is 12.6 Å². The zero-order chi connectivity index (χ0) is 12.1. The van der Waals surface area contributed by atoms with Crippen molar-refractivity contribution in [1.29, 1.82) is 0 Å². The zero-order valence-corrected chi connectivity index (χ0v) is 10.0. The molecule has 1 aliphatic heterocycles. The number of amides is 2. The third-order valence-corrected chi connectivity index (χ3v) is 2.88. The molecule has 0 aromatic rings. The van der Waals surface area contributed by atoms with E-state index in [1.165, 1.54) is 0 Å². The van der Waals surface area contributed by atoms with Gasteiger partial charge in [-0.05, 0) is 33.2 Å². The topological polar surface area (TPSA) is 75.4 Å². The summed E-state index contributed by atoms with van der Waals surface area (Å²) in [7, 11) is 0. The van der Waals surface area contributed by atoms with Crippen LogP contribution >= 0.6 is 0 Å². The van der Waals surface area contributed by atoms with Crippen LogP contribution < -0.4 is 11.1 Å². The molecule has 2 amide bonds. The Bertz CT molecular complexity index is 260. The van der Waals surface area contributed by atoms with Crippen LogP contribution in [-0.4, -0.2) is 42.4 Å². The van der Waals surface area contributed by atoms with E-state index >= 15 is 0 Å². The summed E-state index contributed by atoms with van der Waals surface area (Å²) in [4.78, 5) is 24.6. The van der Waals surface area contributed by atoms with Crippen molar-refractivity contribution in [3.05, 3.63) is 0 Å². The molecular weight excluding hydrogens is 206 g/mol. The van der Waals surface area contributed by atoms with Gasteiger partial charge in [0.15, 0.2) is 0 Å². The summed E-state index contributed by atoms with van der Waals surface area (Å²) in [6, 6.07) is 0.0157. The van der Waals surface area contributed by atoms with E-state index in [0.717, 1.165) is 19.4 Å². The molecule has 1 rings (SSSR count). The van der Waals surface area contributed by atoms with Gasteiger partial charge in [-0.25, -0.2) is 0 Å². The van der Waals surface area contributed by atoms with Crippen LogP contribution in [0.2, 0.25) is 0 Å². The van der Waals surface area contributed by atoms with Crippen LogP contribution in [0.15, 0.2) is 0 Å². The summed E-state index contributed by atoms with van der Waals surface area (Å²) >= 11 is 0. The maximum Gasteiger partial charge on any atom is 0.237 e. The summed E-state index contributed by atoms with van der Waals surface area (Å²) < 4.78 is 0. The normalized spacial score (nSPS) is 20.8. The molecule has 3 N–H and O–H groups in total. The van der Waals surface area contributed by atoms with Gasteiger partial charge in [0.2, 0.25) is 11.8 Å². The smallest absolute Gasteiger partial charge is 0.237 e. The van der Waals surface area contributed by atoms with Crippen LogP contribution in [0.1, 0.15) is 26.7 Å². The first-order valence-electron chi connectivity index (χ1n) is 5.82. The monoisotopic (exact) mass is 227 g/mol. The lowest BCUT2D eigenvalue weighted by molar-refractivity contribution is -0.141. The van der Waals surface area contributed by atoms with Gasteiger partial charge >= 0.3 is 0 Å². The van der Waals surface area contributed by atoms with E-state index in [0.29, 0.717) is 6.54 Å². The molecule has 1 aliphatic rings. The molecule has 1 atom stereocenters. The van der Waals surface area contributed by atoms with Gasteiger partial charge in [0.25, 0.3) is 0 Å². The number of carbonyl (C=O) groups excluding carboxylic acids is 2. The lowest BCUT2D eigenvalue weighted by atomic mass is 9.97. The van der Waals surface area contributed by atoms with E-state index in [9.17, 15) is 9.59 Å². The van der Waals surface area contributed by atoms with Crippen LogP contribution in [-0.2, 0) is 9.59 Å². The van der Waals surface area contributed by atoms with E-state index < -0.39 is 5.91 Å². The Labute approximate surface area is 96.4 Å². The highest BCUT2D eigenvalue weighted by atomic mass is 16.2. The second-order valence-electron chi connectivity index (χ2n) is 4.57. The van der Waals surface area contributed by atoms with Crippen LogP contribution in [0.4, 0.5) is 0 Å². The molecule has 16 heavy (non-hydrogen) atoms. The number of primary amides is 1. The van der Waals surface area contributed by atoms with Gasteiger partial charge in [-0.1, -0.05) is 0 Å². The van der Waals surface area contributed by atoms with Gasteiger partial charge < -0.3 is 16.0 Å². The number of nitrogens with zero attached hydrogens (tertiary/aromatic N) is 1. The molecule has 0 unspecified atom stereocenters. The van der Waals surface area contributed by atoms with Crippen molar-refractivity contribution in [2.75, 3.05) is 19.6 Å². The third-order valence-electron chi connectivity index (χ3n) is 2.88. The van der Waals surface area contributed by atoms with Crippen molar-refractivity contribution in [2.45, 2.75) is 32.7 Å². The molecule has 92 valence electrons. The largest absolute Gasteiger partial charge is 0.368 e. The number of hydrogen-bond donors (Lipinski definition) is 2. The first-order valence-corrected chi connectivity index (χ1v) is 5.82. The van der Waals surface area contributed by atoms with Crippen molar-refractivity contribution in [3.8, 4) is 0 Å². The Morgan fingerprint density at radius 1 is 1.50 bits per heavy atom. The lowest BCUT2D eigenvalue weighted by Gasteiger charge is -2.31. The van der Waals surface area contributed by atoms with Crippen LogP contribution in [0.3, 0.4) is 0 Å². The van der Waals surface area contributed by atoms with Gasteiger partial charge in [-0.2, -0.15) is 0 Å². The Morgan fingerprint density at radius 3 is 2.62 bits per heavy atom. The fraction of sp³-hybridized carbons (Fsp3) is 0.818. The van der Waals surface area contributed by atoms with Crippen molar-refractivity contribution in [3.63, 3.8) is 0 Å². The van der Waals surface area contributed by atoms with Gasteiger partial charge in [0.1, 0.15) is 0 Å². The highest BCUT2D eigenvalue weighted by molar-refractivity contribution is 5.85. The molecule has 1 fully saturated rings. The first-order chi connectivity index (χ1) is 7.52. The Hall–Kier alpha value is -1.10. The van der Waals surface area contributed by atoms with Gasteiger partial charge in [-0.15, -0.1) is 0 Å². The number of rotatable bonds is 4. The number of hydrogen-bond acceptors (Lipinski definition) is 3. The SMILES string of the molecule is CC(C)N(CC(N)=O)C(=O)[C@H]1CCCNC1. The average molecular weight is 227 g/mol. The van der Waals surface area contributed by atoms with Crippen molar-refractivity contribution in [1.82, 2.24) is 10.2 Å². The molecule has 1 saturated heterocycles. The summed E-state index contributed by atoms with van der Waals surface area (Å²) in [5, 5.41) is 3.20. The summed E-state index contributed by atoms with van der Waals surface area (Å²) in [5.41, 5.74) is 5.15. The molecular formula is C11H21N3O2. The Balaban J connectivity index is 2.61. The molecule has 0 aromatic heterocycles. The summed E-state index contributed by atoms with van der Waals surface area (Å²) in [6.45, 7) is 5.50. The molecule has 5 heteroatoms. The average Bonchev–Trinajstić information content (AvgIpc) is 2.25. The van der Waals surface area contributed by atoms with E-state index in [1.807, 2.05) is 13.8 Å². The molecule has 0 aromatic carbocycles. The minimum atomic E-state index is -0.453. The molecule has 0 radical (unpaired) electrons. The molecule has 1 heterocycles. The van der Waals surface area contributed by atoms with Crippen LogP contribution in [0.5, 0.6) is 0 Å². The van der Waals surface area contributed by atoms with Crippen LogP contribution in [0.25, 0.3) is 0 Å². The number of nitrogens with one attached hydrogen (secondary N) is 1. The van der Waals surface area contributed by atoms with E-state index in [2.05, 4.69) is 5.32 Å². The second kappa shape index (κ2) is 5.84. The highest BCUT2D eigenvalue weighted by Gasteiger charge is 2.28. The molecule has 0 bridgehead atoms. The van der Waals surface area contributed by atoms with E-state index in [1.54, 1.807) is 4.90 Å². The maximum atomic E-state index is 12.2. The standard InChI is InChI=1S/C11H21N3O2/c1-8(2)14(7-10(12)15)11(16)9-4-3-5-13-6-9/h8-9,13H,3-7H2,1-2H3,(H2,12,15)/t9-/m0/s1. The minimum Gasteiger partial charge on any atom is -0.368 e. The Kier molecular flexibility index (Phi) is 4.73. The molecule has 5 nitrogen and oxygen atoms in total. The number of nitrogens with two attached hydrogens (primary N) is 1. The molecule has 0 saturated carbocycles. The quantitative estimate of drug-likeness (QED) is 0.693. The number of piperidine rings is 1. The fourth-order valence-corrected chi connectivity index (χ4v) is 1.98. The van der Waals surface area contributed by atoms with Crippen LogP contribution in [0, 0.1) is 5.92 Å². The van der Waals surface area contributed by atoms with Crippen molar-refractivity contribution >= 4 is 11.8 Å². The minimum absolute atomic E-state index is 0.00417. The summed E-state index contributed by atoms with van der Waals surface area (Å²) in [5.74, 6) is -0.415. The second-order valence-corrected chi connectivity index (χ2v) is 4.57. The fourth-order valence-electron chi connectivity index (χ4n) is 1.98. The van der Waals surface area contributed by atoms with Gasteiger partial charge in [0.05, 0.1) is 12.5 Å². The van der Waals surface area contributed by atoms with Crippen molar-refractivity contribution < 1.29 is 9.59 Å².